The van der Waals surface area contributed by atoms with Gasteiger partial charge in [-0.05, 0) is 36.2 Å². The molecule has 0 amide bonds. The molecule has 0 aliphatic carbocycles. The van der Waals surface area contributed by atoms with Crippen LogP contribution in [0.2, 0.25) is 10.0 Å². The number of rotatable bonds is 8. The van der Waals surface area contributed by atoms with Crippen LogP contribution in [0.4, 0.5) is 0 Å². The number of halogens is 2. The van der Waals surface area contributed by atoms with Gasteiger partial charge in [0, 0.05) is 22.7 Å². The Hall–Kier alpha value is -1.95. The monoisotopic (exact) mass is 383 g/mol. The second kappa shape index (κ2) is 8.94. The van der Waals surface area contributed by atoms with Gasteiger partial charge in [0.1, 0.15) is 12.6 Å². The van der Waals surface area contributed by atoms with E-state index in [0.717, 1.165) is 11.1 Å². The molecule has 0 radical (unpaired) electrons. The Morgan fingerprint density at radius 3 is 2.64 bits per heavy atom. The van der Waals surface area contributed by atoms with Crippen molar-refractivity contribution in [2.45, 2.75) is 26.1 Å². The maximum Gasteiger partial charge on any atom is 0.320 e. The van der Waals surface area contributed by atoms with E-state index in [1.54, 1.807) is 25.1 Å². The van der Waals surface area contributed by atoms with Crippen LogP contribution in [-0.4, -0.2) is 24.2 Å². The maximum atomic E-state index is 10.9. The van der Waals surface area contributed by atoms with E-state index in [-0.39, 0.29) is 0 Å². The Balaban J connectivity index is 2.11. The summed E-state index contributed by atoms with van der Waals surface area (Å²) in [6.45, 7) is 2.19. The molecule has 7 heteroatoms. The average Bonchev–Trinajstić information content (AvgIpc) is 2.58. The quantitative estimate of drug-likeness (QED) is 0.716. The molecule has 0 spiro atoms. The number of carboxylic acid groups (broad SMARTS) is 1. The number of carbonyl (C=O) groups is 1. The van der Waals surface area contributed by atoms with E-state index in [9.17, 15) is 4.79 Å². The summed E-state index contributed by atoms with van der Waals surface area (Å²) in [4.78, 5) is 10.9. The van der Waals surface area contributed by atoms with Gasteiger partial charge in [-0.15, -0.1) is 0 Å². The van der Waals surface area contributed by atoms with Crippen molar-refractivity contribution in [1.82, 2.24) is 5.32 Å². The zero-order valence-corrected chi connectivity index (χ0v) is 15.4. The van der Waals surface area contributed by atoms with Crippen LogP contribution in [0.5, 0.6) is 11.5 Å². The van der Waals surface area contributed by atoms with Gasteiger partial charge in [-0.25, -0.2) is 0 Å². The Kier molecular flexibility index (Phi) is 6.93. The summed E-state index contributed by atoms with van der Waals surface area (Å²) in [5.41, 5.74) is 1.65. The molecule has 2 aromatic rings. The zero-order valence-electron chi connectivity index (χ0n) is 13.9. The predicted octanol–water partition coefficient (Wildman–Crippen LogP) is 4.14. The topological polar surface area (TPSA) is 67.8 Å². The lowest BCUT2D eigenvalue weighted by atomic mass is 10.1. The number of nitrogens with one attached hydrogen (secondary N) is 1. The van der Waals surface area contributed by atoms with E-state index in [1.807, 2.05) is 18.2 Å². The number of ether oxygens (including phenoxy) is 2. The van der Waals surface area contributed by atoms with E-state index in [2.05, 4.69) is 5.32 Å². The van der Waals surface area contributed by atoms with Crippen molar-refractivity contribution in [2.75, 3.05) is 7.11 Å². The van der Waals surface area contributed by atoms with E-state index >= 15 is 0 Å². The van der Waals surface area contributed by atoms with E-state index in [4.69, 9.17) is 37.8 Å². The molecule has 0 fully saturated rings. The first-order chi connectivity index (χ1) is 11.9. The molecular formula is C18H19Cl2NO4. The molecule has 0 aliphatic heterocycles. The highest BCUT2D eigenvalue weighted by Gasteiger charge is 2.14. The van der Waals surface area contributed by atoms with Crippen LogP contribution in [0.1, 0.15) is 18.1 Å². The third-order valence-corrected chi connectivity index (χ3v) is 4.17. The molecule has 1 unspecified atom stereocenters. The van der Waals surface area contributed by atoms with Gasteiger partial charge >= 0.3 is 5.97 Å². The molecule has 0 aromatic heterocycles. The number of hydrogen-bond donors (Lipinski definition) is 2. The highest BCUT2D eigenvalue weighted by atomic mass is 35.5. The van der Waals surface area contributed by atoms with Crippen molar-refractivity contribution in [2.24, 2.45) is 0 Å². The lowest BCUT2D eigenvalue weighted by Gasteiger charge is -2.15. The van der Waals surface area contributed by atoms with Crippen LogP contribution in [-0.2, 0) is 17.9 Å². The predicted molar refractivity (Wildman–Crippen MR) is 97.7 cm³/mol. The van der Waals surface area contributed by atoms with Crippen molar-refractivity contribution >= 4 is 29.2 Å². The minimum Gasteiger partial charge on any atom is -0.493 e. The lowest BCUT2D eigenvalue weighted by molar-refractivity contribution is -0.139. The molecule has 0 bridgehead atoms. The lowest BCUT2D eigenvalue weighted by Crippen LogP contribution is -2.33. The fourth-order valence-corrected chi connectivity index (χ4v) is 2.56. The highest BCUT2D eigenvalue weighted by Crippen LogP contribution is 2.34. The van der Waals surface area contributed by atoms with Gasteiger partial charge in [0.2, 0.25) is 0 Å². The normalized spacial score (nSPS) is 11.8. The summed E-state index contributed by atoms with van der Waals surface area (Å²) in [7, 11) is 1.53. The van der Waals surface area contributed by atoms with Crippen LogP contribution in [0.25, 0.3) is 0 Å². The van der Waals surface area contributed by atoms with E-state index in [1.165, 1.54) is 7.11 Å². The molecule has 0 aliphatic rings. The van der Waals surface area contributed by atoms with E-state index in [0.29, 0.717) is 34.7 Å². The average molecular weight is 384 g/mol. The minimum atomic E-state index is -0.926. The van der Waals surface area contributed by atoms with Crippen molar-refractivity contribution in [1.29, 1.82) is 0 Å². The van der Waals surface area contributed by atoms with Crippen molar-refractivity contribution in [3.05, 3.63) is 57.6 Å². The van der Waals surface area contributed by atoms with E-state index < -0.39 is 12.0 Å². The Morgan fingerprint density at radius 1 is 1.24 bits per heavy atom. The molecule has 1 atom stereocenters. The Labute approximate surface area is 156 Å². The largest absolute Gasteiger partial charge is 0.493 e. The number of benzene rings is 2. The van der Waals surface area contributed by atoms with Crippen LogP contribution in [0.3, 0.4) is 0 Å². The first kappa shape index (κ1) is 19.4. The number of hydrogen-bond acceptors (Lipinski definition) is 4. The number of carboxylic acids is 1. The van der Waals surface area contributed by atoms with Crippen LogP contribution in [0, 0.1) is 0 Å². The SMILES string of the molecule is COc1cc(CNC(C)C(=O)O)c(Cl)cc1OCc1cccc(Cl)c1. The number of aliphatic carboxylic acids is 1. The highest BCUT2D eigenvalue weighted by molar-refractivity contribution is 6.31. The summed E-state index contributed by atoms with van der Waals surface area (Å²) < 4.78 is 11.1. The fourth-order valence-electron chi connectivity index (χ4n) is 2.12. The van der Waals surface area contributed by atoms with Crippen LogP contribution >= 0.6 is 23.2 Å². The maximum absolute atomic E-state index is 10.9. The van der Waals surface area contributed by atoms with Gasteiger partial charge in [-0.2, -0.15) is 0 Å². The molecule has 0 saturated heterocycles. The molecule has 134 valence electrons. The first-order valence-electron chi connectivity index (χ1n) is 7.60. The van der Waals surface area contributed by atoms with Crippen LogP contribution in [0.15, 0.2) is 36.4 Å². The van der Waals surface area contributed by atoms with Gasteiger partial charge in [-0.1, -0.05) is 35.3 Å². The molecule has 2 aromatic carbocycles. The summed E-state index contributed by atoms with van der Waals surface area (Å²) in [6.07, 6.45) is 0. The summed E-state index contributed by atoms with van der Waals surface area (Å²) in [5.74, 6) is 0.0956. The molecule has 5 nitrogen and oxygen atoms in total. The third kappa shape index (κ3) is 5.53. The van der Waals surface area contributed by atoms with Gasteiger partial charge in [-0.3, -0.25) is 4.79 Å². The van der Waals surface area contributed by atoms with Crippen molar-refractivity contribution in [3.8, 4) is 11.5 Å². The molecular weight excluding hydrogens is 365 g/mol. The first-order valence-corrected chi connectivity index (χ1v) is 8.36. The second-order valence-corrected chi connectivity index (χ2v) is 6.30. The molecule has 0 heterocycles. The van der Waals surface area contributed by atoms with Crippen LogP contribution < -0.4 is 14.8 Å². The fraction of sp³-hybridized carbons (Fsp3) is 0.278. The Bertz CT molecular complexity index is 752. The summed E-state index contributed by atoms with van der Waals surface area (Å²) in [6, 6.07) is 10.1. The van der Waals surface area contributed by atoms with Gasteiger partial charge in [0.15, 0.2) is 11.5 Å². The van der Waals surface area contributed by atoms with Gasteiger partial charge in [0.05, 0.1) is 7.11 Å². The standard InChI is InChI=1S/C18H19Cl2NO4/c1-11(18(22)23)21-9-13-7-16(24-2)17(8-15(13)20)25-10-12-4-3-5-14(19)6-12/h3-8,11,21H,9-10H2,1-2H3,(H,22,23). The van der Waals surface area contributed by atoms with Gasteiger partial charge < -0.3 is 19.9 Å². The second-order valence-electron chi connectivity index (χ2n) is 5.45. The van der Waals surface area contributed by atoms with Crippen molar-refractivity contribution < 1.29 is 19.4 Å². The zero-order chi connectivity index (χ0) is 18.4. The third-order valence-electron chi connectivity index (χ3n) is 3.59. The molecule has 2 rings (SSSR count). The Morgan fingerprint density at radius 2 is 2.00 bits per heavy atom. The molecule has 2 N–H and O–H groups in total. The minimum absolute atomic E-state index is 0.303. The smallest absolute Gasteiger partial charge is 0.320 e. The molecule has 25 heavy (non-hydrogen) atoms. The summed E-state index contributed by atoms with van der Waals surface area (Å²) >= 11 is 12.2. The molecule has 0 saturated carbocycles. The summed E-state index contributed by atoms with van der Waals surface area (Å²) in [5, 5.41) is 12.9. The van der Waals surface area contributed by atoms with Gasteiger partial charge in [0.25, 0.3) is 0 Å². The van der Waals surface area contributed by atoms with Crippen molar-refractivity contribution in [3.63, 3.8) is 0 Å². The number of methoxy groups -OCH3 is 1.